The number of methoxy groups -OCH3 is 1. The fourth-order valence-electron chi connectivity index (χ4n) is 2.74. The van der Waals surface area contributed by atoms with E-state index in [1.165, 1.54) is 5.69 Å². The summed E-state index contributed by atoms with van der Waals surface area (Å²) in [6, 6.07) is 8.27. The minimum atomic E-state index is -0.348. The van der Waals surface area contributed by atoms with Gasteiger partial charge in [-0.3, -0.25) is 0 Å². The molecular formula is C16H25NO2. The second-order valence-electron chi connectivity index (χ2n) is 5.69. The van der Waals surface area contributed by atoms with Crippen LogP contribution in [0.2, 0.25) is 0 Å². The number of piperidine rings is 1. The van der Waals surface area contributed by atoms with Gasteiger partial charge in [0.2, 0.25) is 0 Å². The van der Waals surface area contributed by atoms with Crippen molar-refractivity contribution < 1.29 is 9.84 Å². The number of aliphatic hydroxyl groups is 1. The van der Waals surface area contributed by atoms with E-state index in [1.807, 2.05) is 19.1 Å². The molecule has 1 unspecified atom stereocenters. The largest absolute Gasteiger partial charge is 0.388 e. The fraction of sp³-hybridized carbons (Fsp3) is 0.625. The van der Waals surface area contributed by atoms with Crippen LogP contribution in [-0.2, 0) is 4.74 Å². The summed E-state index contributed by atoms with van der Waals surface area (Å²) >= 11 is 0. The third-order valence-electron chi connectivity index (χ3n) is 4.18. The molecule has 3 nitrogen and oxygen atoms in total. The van der Waals surface area contributed by atoms with Crippen molar-refractivity contribution in [1.82, 2.24) is 0 Å². The van der Waals surface area contributed by atoms with E-state index in [2.05, 4.69) is 24.0 Å². The number of hydrogen-bond donors (Lipinski definition) is 1. The van der Waals surface area contributed by atoms with E-state index in [9.17, 15) is 5.11 Å². The van der Waals surface area contributed by atoms with Crippen LogP contribution < -0.4 is 4.90 Å². The third kappa shape index (κ3) is 3.28. The van der Waals surface area contributed by atoms with Gasteiger partial charge in [-0.05, 0) is 43.9 Å². The van der Waals surface area contributed by atoms with Crippen LogP contribution in [0.3, 0.4) is 0 Å². The van der Waals surface area contributed by atoms with Crippen molar-refractivity contribution in [3.63, 3.8) is 0 Å². The van der Waals surface area contributed by atoms with E-state index in [4.69, 9.17) is 4.74 Å². The molecule has 1 aliphatic rings. The van der Waals surface area contributed by atoms with E-state index in [-0.39, 0.29) is 11.7 Å². The molecule has 19 heavy (non-hydrogen) atoms. The summed E-state index contributed by atoms with van der Waals surface area (Å²) in [7, 11) is 1.80. The van der Waals surface area contributed by atoms with Gasteiger partial charge in [0.25, 0.3) is 0 Å². The third-order valence-corrected chi connectivity index (χ3v) is 4.18. The number of hydrogen-bond acceptors (Lipinski definition) is 3. The second kappa shape index (κ2) is 5.93. The summed E-state index contributed by atoms with van der Waals surface area (Å²) in [5, 5.41) is 9.82. The van der Waals surface area contributed by atoms with Crippen molar-refractivity contribution in [2.45, 2.75) is 44.8 Å². The Bertz CT molecular complexity index is 404. The Hall–Kier alpha value is -1.06. The lowest BCUT2D eigenvalue weighted by molar-refractivity contribution is -0.00465. The zero-order chi connectivity index (χ0) is 13.9. The maximum absolute atomic E-state index is 9.82. The van der Waals surface area contributed by atoms with Gasteiger partial charge in [0.05, 0.1) is 11.7 Å². The van der Waals surface area contributed by atoms with Gasteiger partial charge in [0.15, 0.2) is 0 Å². The lowest BCUT2D eigenvalue weighted by atomic mass is 9.94. The molecule has 1 aliphatic heterocycles. The SMILES string of the molecule is CC[C@@H](O)c1ccc(N2CCCC(C)(OC)C2)cc1. The van der Waals surface area contributed by atoms with Crippen LogP contribution in [0.25, 0.3) is 0 Å². The summed E-state index contributed by atoms with van der Waals surface area (Å²) < 4.78 is 5.63. The number of rotatable bonds is 4. The average molecular weight is 263 g/mol. The molecule has 0 saturated carbocycles. The Labute approximate surface area is 116 Å². The normalized spacial score (nSPS) is 25.4. The summed E-state index contributed by atoms with van der Waals surface area (Å²) in [5.74, 6) is 0. The van der Waals surface area contributed by atoms with Gasteiger partial charge in [-0.2, -0.15) is 0 Å². The number of anilines is 1. The molecule has 1 aromatic rings. The first-order valence-electron chi connectivity index (χ1n) is 7.16. The molecule has 1 heterocycles. The highest BCUT2D eigenvalue weighted by Crippen LogP contribution is 2.29. The molecule has 0 amide bonds. The highest BCUT2D eigenvalue weighted by atomic mass is 16.5. The Morgan fingerprint density at radius 3 is 2.63 bits per heavy atom. The molecule has 0 spiro atoms. The van der Waals surface area contributed by atoms with Crippen LogP contribution >= 0.6 is 0 Å². The van der Waals surface area contributed by atoms with Crippen molar-refractivity contribution in [2.75, 3.05) is 25.1 Å². The van der Waals surface area contributed by atoms with Gasteiger partial charge >= 0.3 is 0 Å². The zero-order valence-corrected chi connectivity index (χ0v) is 12.2. The van der Waals surface area contributed by atoms with Crippen LogP contribution in [0, 0.1) is 0 Å². The maximum atomic E-state index is 9.82. The predicted octanol–water partition coefficient (Wildman–Crippen LogP) is 3.14. The highest BCUT2D eigenvalue weighted by molar-refractivity contribution is 5.48. The smallest absolute Gasteiger partial charge is 0.0825 e. The van der Waals surface area contributed by atoms with E-state index in [1.54, 1.807) is 7.11 Å². The van der Waals surface area contributed by atoms with Crippen LogP contribution in [0.5, 0.6) is 0 Å². The van der Waals surface area contributed by atoms with Crippen molar-refractivity contribution in [2.24, 2.45) is 0 Å². The molecule has 1 aromatic carbocycles. The summed E-state index contributed by atoms with van der Waals surface area (Å²) in [6.45, 7) is 6.18. The number of aliphatic hydroxyl groups excluding tert-OH is 1. The lowest BCUT2D eigenvalue weighted by Crippen LogP contribution is -2.47. The van der Waals surface area contributed by atoms with Crippen molar-refractivity contribution >= 4 is 5.69 Å². The molecular weight excluding hydrogens is 238 g/mol. The van der Waals surface area contributed by atoms with Gasteiger partial charge in [0.1, 0.15) is 0 Å². The summed E-state index contributed by atoms with van der Waals surface area (Å²) in [4.78, 5) is 2.37. The number of nitrogens with zero attached hydrogens (tertiary/aromatic N) is 1. The molecule has 2 rings (SSSR count). The Morgan fingerprint density at radius 1 is 1.37 bits per heavy atom. The van der Waals surface area contributed by atoms with E-state index >= 15 is 0 Å². The van der Waals surface area contributed by atoms with Gasteiger partial charge in [-0.1, -0.05) is 19.1 Å². The van der Waals surface area contributed by atoms with Crippen molar-refractivity contribution in [1.29, 1.82) is 0 Å². The van der Waals surface area contributed by atoms with Gasteiger partial charge in [-0.15, -0.1) is 0 Å². The van der Waals surface area contributed by atoms with Gasteiger partial charge in [0, 0.05) is 25.9 Å². The van der Waals surface area contributed by atoms with Crippen LogP contribution in [0.4, 0.5) is 5.69 Å². The molecule has 3 heteroatoms. The standard InChI is InChI=1S/C16H25NO2/c1-4-15(18)13-6-8-14(9-7-13)17-11-5-10-16(2,12-17)19-3/h6-9,15,18H,4-5,10-12H2,1-3H3/t15-,16?/m1/s1. The highest BCUT2D eigenvalue weighted by Gasteiger charge is 2.30. The molecule has 0 radical (unpaired) electrons. The maximum Gasteiger partial charge on any atom is 0.0825 e. The minimum Gasteiger partial charge on any atom is -0.388 e. The van der Waals surface area contributed by atoms with Crippen LogP contribution in [0.1, 0.15) is 44.8 Å². The Kier molecular flexibility index (Phi) is 4.48. The molecule has 106 valence electrons. The van der Waals surface area contributed by atoms with Gasteiger partial charge < -0.3 is 14.7 Å². The lowest BCUT2D eigenvalue weighted by Gasteiger charge is -2.40. The molecule has 2 atom stereocenters. The first-order valence-corrected chi connectivity index (χ1v) is 7.16. The van der Waals surface area contributed by atoms with Crippen molar-refractivity contribution in [3.05, 3.63) is 29.8 Å². The first kappa shape index (κ1) is 14.4. The van der Waals surface area contributed by atoms with E-state index < -0.39 is 0 Å². The fourth-order valence-corrected chi connectivity index (χ4v) is 2.74. The number of benzene rings is 1. The van der Waals surface area contributed by atoms with Crippen molar-refractivity contribution in [3.8, 4) is 0 Å². The molecule has 0 bridgehead atoms. The quantitative estimate of drug-likeness (QED) is 0.906. The predicted molar refractivity (Wildman–Crippen MR) is 78.6 cm³/mol. The van der Waals surface area contributed by atoms with E-state index in [0.717, 1.165) is 37.9 Å². The molecule has 1 N–H and O–H groups in total. The zero-order valence-electron chi connectivity index (χ0n) is 12.2. The molecule has 0 aromatic heterocycles. The summed E-state index contributed by atoms with van der Waals surface area (Å²) in [5.41, 5.74) is 2.17. The Balaban J connectivity index is 2.09. The topological polar surface area (TPSA) is 32.7 Å². The monoisotopic (exact) mass is 263 g/mol. The Morgan fingerprint density at radius 2 is 2.05 bits per heavy atom. The minimum absolute atomic E-state index is 0.0418. The molecule has 0 aliphatic carbocycles. The van der Waals surface area contributed by atoms with E-state index in [0.29, 0.717) is 0 Å². The van der Waals surface area contributed by atoms with Crippen LogP contribution in [-0.4, -0.2) is 30.9 Å². The van der Waals surface area contributed by atoms with Gasteiger partial charge in [-0.25, -0.2) is 0 Å². The molecule has 1 saturated heterocycles. The molecule has 1 fully saturated rings. The number of ether oxygens (including phenoxy) is 1. The second-order valence-corrected chi connectivity index (χ2v) is 5.69. The average Bonchev–Trinajstić information content (AvgIpc) is 2.46. The summed E-state index contributed by atoms with van der Waals surface area (Å²) in [6.07, 6.45) is 2.68. The van der Waals surface area contributed by atoms with Crippen LogP contribution in [0.15, 0.2) is 24.3 Å². The first-order chi connectivity index (χ1) is 9.08.